The predicted octanol–water partition coefficient (Wildman–Crippen LogP) is 8.47. The number of rotatable bonds is 6. The zero-order chi connectivity index (χ0) is 25.4. The third kappa shape index (κ3) is 4.67. The molecule has 0 fully saturated rings. The summed E-state index contributed by atoms with van der Waals surface area (Å²) in [6, 6.07) is 3.23. The summed E-state index contributed by atoms with van der Waals surface area (Å²) in [5, 5.41) is 0. The van der Waals surface area contributed by atoms with E-state index in [4.69, 9.17) is 0 Å². The van der Waals surface area contributed by atoms with E-state index in [-0.39, 0.29) is 36.0 Å². The Morgan fingerprint density at radius 2 is 1.31 bits per heavy atom. The molecule has 0 nitrogen and oxygen atoms in total. The van der Waals surface area contributed by atoms with Crippen LogP contribution in [0, 0.1) is 46.5 Å². The maximum absolute atomic E-state index is 15.2. The summed E-state index contributed by atoms with van der Waals surface area (Å²) in [4.78, 5) is 0. The Morgan fingerprint density at radius 1 is 0.686 bits per heavy atom. The van der Waals surface area contributed by atoms with Gasteiger partial charge in [0.05, 0.1) is 5.56 Å². The first-order valence-electron chi connectivity index (χ1n) is 11.4. The molecule has 0 amide bonds. The first-order chi connectivity index (χ1) is 16.6. The molecule has 4 rings (SSSR count). The molecule has 8 heteroatoms. The second-order valence-electron chi connectivity index (χ2n) is 8.90. The first kappa shape index (κ1) is 25.2. The summed E-state index contributed by atoms with van der Waals surface area (Å²) in [6.07, 6.45) is 2.66. The maximum Gasteiger partial charge on any atom is 0.194 e. The van der Waals surface area contributed by atoms with Crippen LogP contribution in [0.15, 0.2) is 24.3 Å². The highest BCUT2D eigenvalue weighted by Gasteiger charge is 2.33. The van der Waals surface area contributed by atoms with Crippen LogP contribution in [-0.4, -0.2) is 0 Å². The zero-order valence-electron chi connectivity index (χ0n) is 18.9. The van der Waals surface area contributed by atoms with Crippen LogP contribution < -0.4 is 0 Å². The minimum atomic E-state index is -1.82. The molecule has 0 saturated carbocycles. The Hall–Kier alpha value is -2.90. The van der Waals surface area contributed by atoms with Gasteiger partial charge < -0.3 is 0 Å². The molecule has 35 heavy (non-hydrogen) atoms. The van der Waals surface area contributed by atoms with E-state index in [1.165, 1.54) is 12.1 Å². The SMILES string of the molecule is CCCCCc1cc(F)c(C2CCc3c(F)c(-c4cc(F)c(F)c(F)c4)c(F)c(F)c3C2)c(F)c1. The fourth-order valence-corrected chi connectivity index (χ4v) is 4.84. The van der Waals surface area contributed by atoms with Gasteiger partial charge in [-0.1, -0.05) is 19.8 Å². The Balaban J connectivity index is 1.71. The van der Waals surface area contributed by atoms with E-state index >= 15 is 8.78 Å². The third-order valence-corrected chi connectivity index (χ3v) is 6.61. The van der Waals surface area contributed by atoms with E-state index in [2.05, 4.69) is 0 Å². The molecule has 1 unspecified atom stereocenters. The van der Waals surface area contributed by atoms with Crippen LogP contribution >= 0.6 is 0 Å². The molecule has 0 bridgehead atoms. The van der Waals surface area contributed by atoms with Crippen LogP contribution in [-0.2, 0) is 19.3 Å². The number of halogens is 8. The van der Waals surface area contributed by atoms with E-state index in [9.17, 15) is 26.3 Å². The molecular weight excluding hydrogens is 476 g/mol. The van der Waals surface area contributed by atoms with Crippen LogP contribution in [0.1, 0.15) is 60.8 Å². The van der Waals surface area contributed by atoms with Crippen LogP contribution in [0.2, 0.25) is 0 Å². The lowest BCUT2D eigenvalue weighted by molar-refractivity contribution is 0.440. The fourth-order valence-electron chi connectivity index (χ4n) is 4.84. The standard InChI is InChI=1S/C27H22F8/c1-2-3-4-5-13-8-18(28)22(19(29)9-13)14-6-7-16-17(10-14)25(33)27(35)23(24(16)32)15-11-20(30)26(34)21(31)12-15/h8-9,11-12,14H,2-7,10H2,1H3. The molecule has 0 N–H and O–H groups in total. The maximum atomic E-state index is 15.2. The molecule has 3 aromatic rings. The van der Waals surface area contributed by atoms with Crippen molar-refractivity contribution in [1.82, 2.24) is 0 Å². The van der Waals surface area contributed by atoms with Crippen molar-refractivity contribution in [3.05, 3.63) is 93.1 Å². The number of benzene rings is 3. The minimum Gasteiger partial charge on any atom is -0.207 e. The Kier molecular flexibility index (Phi) is 7.20. The third-order valence-electron chi connectivity index (χ3n) is 6.61. The second kappa shape index (κ2) is 9.99. The Labute approximate surface area is 197 Å². The van der Waals surface area contributed by atoms with Crippen LogP contribution in [0.25, 0.3) is 11.1 Å². The van der Waals surface area contributed by atoms with Crippen LogP contribution in [0.4, 0.5) is 35.1 Å². The smallest absolute Gasteiger partial charge is 0.194 e. The summed E-state index contributed by atoms with van der Waals surface area (Å²) in [5.74, 6) is -12.0. The van der Waals surface area contributed by atoms with Crippen molar-refractivity contribution in [1.29, 1.82) is 0 Å². The molecule has 0 heterocycles. The van der Waals surface area contributed by atoms with Gasteiger partial charge in [0.25, 0.3) is 0 Å². The number of aryl methyl sites for hydroxylation is 1. The topological polar surface area (TPSA) is 0 Å². The lowest BCUT2D eigenvalue weighted by Crippen LogP contribution is -2.20. The second-order valence-corrected chi connectivity index (χ2v) is 8.90. The molecule has 0 radical (unpaired) electrons. The largest absolute Gasteiger partial charge is 0.207 e. The van der Waals surface area contributed by atoms with E-state index < -0.39 is 63.6 Å². The summed E-state index contributed by atoms with van der Waals surface area (Å²) in [7, 11) is 0. The average Bonchev–Trinajstić information content (AvgIpc) is 2.81. The van der Waals surface area contributed by atoms with Crippen molar-refractivity contribution in [2.45, 2.75) is 57.8 Å². The number of hydrogen-bond acceptors (Lipinski definition) is 0. The molecule has 1 atom stereocenters. The highest BCUT2D eigenvalue weighted by Crippen LogP contribution is 2.42. The molecule has 0 aromatic heterocycles. The van der Waals surface area contributed by atoms with Crippen LogP contribution in [0.3, 0.4) is 0 Å². The summed E-state index contributed by atoms with van der Waals surface area (Å²) >= 11 is 0. The number of hydrogen-bond donors (Lipinski definition) is 0. The molecular formula is C27H22F8. The minimum absolute atomic E-state index is 0.0452. The zero-order valence-corrected chi connectivity index (χ0v) is 18.9. The predicted molar refractivity (Wildman–Crippen MR) is 116 cm³/mol. The molecule has 0 aliphatic heterocycles. The van der Waals surface area contributed by atoms with Gasteiger partial charge in [-0.2, -0.15) is 0 Å². The van der Waals surface area contributed by atoms with Gasteiger partial charge in [-0.25, -0.2) is 35.1 Å². The van der Waals surface area contributed by atoms with Crippen molar-refractivity contribution < 1.29 is 35.1 Å². The van der Waals surface area contributed by atoms with Gasteiger partial charge in [-0.3, -0.25) is 0 Å². The lowest BCUT2D eigenvalue weighted by atomic mass is 9.78. The van der Waals surface area contributed by atoms with Crippen molar-refractivity contribution in [2.75, 3.05) is 0 Å². The summed E-state index contributed by atoms with van der Waals surface area (Å²) in [5.41, 5.74) is -2.10. The Bertz CT molecular complexity index is 1230. The van der Waals surface area contributed by atoms with E-state index in [0.717, 1.165) is 19.3 Å². The lowest BCUT2D eigenvalue weighted by Gasteiger charge is -2.28. The highest BCUT2D eigenvalue weighted by molar-refractivity contribution is 5.67. The van der Waals surface area contributed by atoms with Crippen molar-refractivity contribution in [3.63, 3.8) is 0 Å². The average molecular weight is 498 g/mol. The first-order valence-corrected chi connectivity index (χ1v) is 11.4. The fraction of sp³-hybridized carbons (Fsp3) is 0.333. The number of unbranched alkanes of at least 4 members (excludes halogenated alkanes) is 2. The van der Waals surface area contributed by atoms with Gasteiger partial charge in [0.15, 0.2) is 29.1 Å². The quantitative estimate of drug-likeness (QED) is 0.138. The van der Waals surface area contributed by atoms with Gasteiger partial charge in [-0.05, 0) is 84.5 Å². The Morgan fingerprint density at radius 3 is 1.91 bits per heavy atom. The monoisotopic (exact) mass is 498 g/mol. The van der Waals surface area contributed by atoms with Gasteiger partial charge in [0.2, 0.25) is 0 Å². The van der Waals surface area contributed by atoms with Gasteiger partial charge in [0.1, 0.15) is 17.5 Å². The highest BCUT2D eigenvalue weighted by atomic mass is 19.2. The molecule has 3 aromatic carbocycles. The number of fused-ring (bicyclic) bond motifs is 1. The van der Waals surface area contributed by atoms with Gasteiger partial charge in [-0.15, -0.1) is 0 Å². The van der Waals surface area contributed by atoms with Crippen molar-refractivity contribution >= 4 is 0 Å². The van der Waals surface area contributed by atoms with E-state index in [1.54, 1.807) is 0 Å². The summed E-state index contributed by atoms with van der Waals surface area (Å²) < 4.78 is 115. The van der Waals surface area contributed by atoms with E-state index in [0.29, 0.717) is 24.1 Å². The van der Waals surface area contributed by atoms with Gasteiger partial charge in [0, 0.05) is 5.56 Å². The molecule has 186 valence electrons. The molecule has 1 aliphatic rings. The van der Waals surface area contributed by atoms with Gasteiger partial charge >= 0.3 is 0 Å². The molecule has 1 aliphatic carbocycles. The van der Waals surface area contributed by atoms with Crippen LogP contribution in [0.5, 0.6) is 0 Å². The van der Waals surface area contributed by atoms with E-state index in [1.807, 2.05) is 6.92 Å². The van der Waals surface area contributed by atoms with Crippen molar-refractivity contribution in [3.8, 4) is 11.1 Å². The molecule has 0 spiro atoms. The van der Waals surface area contributed by atoms with Crippen molar-refractivity contribution in [2.24, 2.45) is 0 Å². The normalized spacial score (nSPS) is 15.4. The molecule has 0 saturated heterocycles. The summed E-state index contributed by atoms with van der Waals surface area (Å²) in [6.45, 7) is 2.01.